The summed E-state index contributed by atoms with van der Waals surface area (Å²) in [5, 5.41) is 3.01. The van der Waals surface area contributed by atoms with Crippen molar-refractivity contribution in [1.29, 1.82) is 0 Å². The third-order valence-electron chi connectivity index (χ3n) is 2.56. The minimum absolute atomic E-state index is 0.0578. The van der Waals surface area contributed by atoms with Gasteiger partial charge in [0.05, 0.1) is 5.56 Å². The van der Waals surface area contributed by atoms with E-state index in [2.05, 4.69) is 16.2 Å². The second kappa shape index (κ2) is 7.15. The van der Waals surface area contributed by atoms with Gasteiger partial charge in [-0.05, 0) is 54.7 Å². The molecular formula is C14H10ClF2N3OS. The summed E-state index contributed by atoms with van der Waals surface area (Å²) < 4.78 is 26.3. The number of rotatable bonds is 2. The van der Waals surface area contributed by atoms with Crippen LogP contribution in [0, 0.1) is 11.6 Å². The Labute approximate surface area is 135 Å². The van der Waals surface area contributed by atoms with Gasteiger partial charge in [0, 0.05) is 10.7 Å². The predicted octanol–water partition coefficient (Wildman–Crippen LogP) is 3.25. The Kier molecular flexibility index (Phi) is 5.24. The molecule has 0 spiro atoms. The van der Waals surface area contributed by atoms with Gasteiger partial charge in [0.15, 0.2) is 5.11 Å². The fourth-order valence-corrected chi connectivity index (χ4v) is 1.89. The lowest BCUT2D eigenvalue weighted by Gasteiger charge is -2.12. The van der Waals surface area contributed by atoms with E-state index in [0.717, 1.165) is 6.07 Å². The molecular weight excluding hydrogens is 332 g/mol. The van der Waals surface area contributed by atoms with E-state index in [4.69, 9.17) is 23.8 Å². The molecule has 0 aromatic heterocycles. The fourth-order valence-electron chi connectivity index (χ4n) is 1.55. The smallest absolute Gasteiger partial charge is 0.272 e. The van der Waals surface area contributed by atoms with Crippen LogP contribution < -0.4 is 16.2 Å². The van der Waals surface area contributed by atoms with E-state index in [0.29, 0.717) is 5.69 Å². The maximum atomic E-state index is 13.5. The standard InChI is InChI=1S/C14H10ClF2N3OS/c15-8-1-6-12(17)11(7-8)13(21)19-20-14(22)18-10-4-2-9(16)3-5-10/h1-7H,(H,19,21)(H2,18,20,22). The molecule has 0 aliphatic carbocycles. The molecule has 0 unspecified atom stereocenters. The zero-order valence-corrected chi connectivity index (χ0v) is 12.6. The van der Waals surface area contributed by atoms with E-state index in [-0.39, 0.29) is 21.5 Å². The maximum Gasteiger partial charge on any atom is 0.272 e. The molecule has 1 amide bonds. The van der Waals surface area contributed by atoms with Crippen LogP contribution in [0.1, 0.15) is 10.4 Å². The Morgan fingerprint density at radius 1 is 1.05 bits per heavy atom. The second-order valence-corrected chi connectivity index (χ2v) is 5.01. The third-order valence-corrected chi connectivity index (χ3v) is 3.00. The number of amides is 1. The predicted molar refractivity (Wildman–Crippen MR) is 84.6 cm³/mol. The molecule has 8 heteroatoms. The molecule has 2 rings (SSSR count). The van der Waals surface area contributed by atoms with E-state index in [9.17, 15) is 13.6 Å². The van der Waals surface area contributed by atoms with E-state index >= 15 is 0 Å². The van der Waals surface area contributed by atoms with E-state index in [1.165, 1.54) is 36.4 Å². The van der Waals surface area contributed by atoms with Crippen molar-refractivity contribution in [2.75, 3.05) is 5.32 Å². The van der Waals surface area contributed by atoms with Crippen molar-refractivity contribution >= 4 is 40.5 Å². The van der Waals surface area contributed by atoms with Crippen LogP contribution in [0.15, 0.2) is 42.5 Å². The minimum Gasteiger partial charge on any atom is -0.331 e. The van der Waals surface area contributed by atoms with Crippen LogP contribution in [0.25, 0.3) is 0 Å². The van der Waals surface area contributed by atoms with Crippen molar-refractivity contribution < 1.29 is 13.6 Å². The number of thiocarbonyl (C=S) groups is 1. The Hall–Kier alpha value is -2.25. The van der Waals surface area contributed by atoms with Crippen LogP contribution >= 0.6 is 23.8 Å². The molecule has 0 radical (unpaired) electrons. The number of carbonyl (C=O) groups excluding carboxylic acids is 1. The van der Waals surface area contributed by atoms with Crippen molar-refractivity contribution in [3.63, 3.8) is 0 Å². The summed E-state index contributed by atoms with van der Waals surface area (Å²) in [5.41, 5.74) is 4.95. The first-order chi connectivity index (χ1) is 10.5. The van der Waals surface area contributed by atoms with Gasteiger partial charge in [0.2, 0.25) is 0 Å². The van der Waals surface area contributed by atoms with Gasteiger partial charge in [-0.3, -0.25) is 15.6 Å². The molecule has 0 saturated carbocycles. The van der Waals surface area contributed by atoms with Gasteiger partial charge in [-0.2, -0.15) is 0 Å². The van der Waals surface area contributed by atoms with Crippen molar-refractivity contribution in [1.82, 2.24) is 10.9 Å². The van der Waals surface area contributed by atoms with Gasteiger partial charge < -0.3 is 5.32 Å². The number of hydrazine groups is 1. The van der Waals surface area contributed by atoms with Crippen LogP contribution in [0.2, 0.25) is 5.02 Å². The highest BCUT2D eigenvalue weighted by atomic mass is 35.5. The molecule has 0 aliphatic heterocycles. The van der Waals surface area contributed by atoms with Crippen LogP contribution in [-0.4, -0.2) is 11.0 Å². The highest BCUT2D eigenvalue weighted by molar-refractivity contribution is 7.80. The number of benzene rings is 2. The normalized spacial score (nSPS) is 9.95. The number of hydrogen-bond acceptors (Lipinski definition) is 2. The average molecular weight is 342 g/mol. The molecule has 114 valence electrons. The van der Waals surface area contributed by atoms with Gasteiger partial charge in [0.25, 0.3) is 5.91 Å². The van der Waals surface area contributed by atoms with Crippen LogP contribution in [-0.2, 0) is 0 Å². The third kappa shape index (κ3) is 4.37. The first-order valence-electron chi connectivity index (χ1n) is 6.03. The molecule has 2 aromatic rings. The Bertz CT molecular complexity index is 710. The Morgan fingerprint density at radius 3 is 2.41 bits per heavy atom. The molecule has 0 fully saturated rings. The summed E-state index contributed by atoms with van der Waals surface area (Å²) >= 11 is 10.7. The van der Waals surface area contributed by atoms with Crippen molar-refractivity contribution in [3.8, 4) is 0 Å². The molecule has 0 heterocycles. The van der Waals surface area contributed by atoms with Crippen molar-refractivity contribution in [3.05, 3.63) is 64.7 Å². The van der Waals surface area contributed by atoms with Gasteiger partial charge in [-0.1, -0.05) is 11.6 Å². The van der Waals surface area contributed by atoms with Gasteiger partial charge in [-0.25, -0.2) is 8.78 Å². The summed E-state index contributed by atoms with van der Waals surface area (Å²) in [6.07, 6.45) is 0. The molecule has 0 bridgehead atoms. The van der Waals surface area contributed by atoms with Crippen molar-refractivity contribution in [2.45, 2.75) is 0 Å². The van der Waals surface area contributed by atoms with E-state index in [1.807, 2.05) is 0 Å². The first kappa shape index (κ1) is 16.1. The molecule has 0 aliphatic rings. The van der Waals surface area contributed by atoms with Crippen LogP contribution in [0.3, 0.4) is 0 Å². The quantitative estimate of drug-likeness (QED) is 0.580. The van der Waals surface area contributed by atoms with Crippen LogP contribution in [0.4, 0.5) is 14.5 Å². The zero-order valence-electron chi connectivity index (χ0n) is 11.0. The summed E-state index contributed by atoms with van der Waals surface area (Å²) in [5.74, 6) is -1.82. The summed E-state index contributed by atoms with van der Waals surface area (Å²) in [6, 6.07) is 9.08. The lowest BCUT2D eigenvalue weighted by Crippen LogP contribution is -2.44. The number of halogens is 3. The molecule has 0 saturated heterocycles. The Balaban J connectivity index is 1.91. The minimum atomic E-state index is -0.733. The molecule has 4 nitrogen and oxygen atoms in total. The molecule has 3 N–H and O–H groups in total. The highest BCUT2D eigenvalue weighted by Gasteiger charge is 2.12. The lowest BCUT2D eigenvalue weighted by molar-refractivity contribution is 0.0940. The second-order valence-electron chi connectivity index (χ2n) is 4.16. The number of nitrogens with one attached hydrogen (secondary N) is 3. The van der Waals surface area contributed by atoms with E-state index < -0.39 is 11.7 Å². The number of hydrogen-bond donors (Lipinski definition) is 3. The van der Waals surface area contributed by atoms with Crippen molar-refractivity contribution in [2.24, 2.45) is 0 Å². The topological polar surface area (TPSA) is 53.2 Å². The van der Waals surface area contributed by atoms with Gasteiger partial charge in [-0.15, -0.1) is 0 Å². The number of anilines is 1. The molecule has 0 atom stereocenters. The monoisotopic (exact) mass is 341 g/mol. The zero-order chi connectivity index (χ0) is 16.1. The Morgan fingerprint density at radius 2 is 1.73 bits per heavy atom. The molecule has 22 heavy (non-hydrogen) atoms. The van der Waals surface area contributed by atoms with Gasteiger partial charge >= 0.3 is 0 Å². The SMILES string of the molecule is O=C(NNC(=S)Nc1ccc(F)cc1)c1cc(Cl)ccc1F. The summed E-state index contributed by atoms with van der Waals surface area (Å²) in [4.78, 5) is 11.8. The summed E-state index contributed by atoms with van der Waals surface area (Å²) in [6.45, 7) is 0. The number of carbonyl (C=O) groups is 1. The lowest BCUT2D eigenvalue weighted by atomic mass is 10.2. The van der Waals surface area contributed by atoms with Crippen LogP contribution in [0.5, 0.6) is 0 Å². The fraction of sp³-hybridized carbons (Fsp3) is 0. The van der Waals surface area contributed by atoms with Gasteiger partial charge in [0.1, 0.15) is 11.6 Å². The molecule has 2 aromatic carbocycles. The maximum absolute atomic E-state index is 13.5. The highest BCUT2D eigenvalue weighted by Crippen LogP contribution is 2.14. The summed E-state index contributed by atoms with van der Waals surface area (Å²) in [7, 11) is 0. The first-order valence-corrected chi connectivity index (χ1v) is 6.82. The average Bonchev–Trinajstić information content (AvgIpc) is 2.49. The largest absolute Gasteiger partial charge is 0.331 e. The van der Waals surface area contributed by atoms with E-state index in [1.54, 1.807) is 0 Å².